The molecule has 3 unspecified atom stereocenters. The number of alkyl halides is 3. The number of amides is 1. The molecule has 1 N–H and O–H groups in total. The summed E-state index contributed by atoms with van der Waals surface area (Å²) in [7, 11) is 0. The second-order valence-electron chi connectivity index (χ2n) is 7.87. The average Bonchev–Trinajstić information content (AvgIpc) is 3.00. The molecule has 2 fully saturated rings. The van der Waals surface area contributed by atoms with E-state index in [2.05, 4.69) is 29.0 Å². The maximum Gasteiger partial charge on any atom is 0.416 e. The van der Waals surface area contributed by atoms with E-state index in [4.69, 9.17) is 4.74 Å². The van der Waals surface area contributed by atoms with E-state index < -0.39 is 11.7 Å². The van der Waals surface area contributed by atoms with Gasteiger partial charge in [0.15, 0.2) is 0 Å². The lowest BCUT2D eigenvalue weighted by molar-refractivity contribution is -0.137. The molecule has 1 aromatic carbocycles. The number of halogens is 3. The summed E-state index contributed by atoms with van der Waals surface area (Å²) in [5.74, 6) is -0.199. The summed E-state index contributed by atoms with van der Waals surface area (Å²) < 4.78 is 43.7. The average molecular weight is 399 g/mol. The van der Waals surface area contributed by atoms with Gasteiger partial charge in [-0.15, -0.1) is 0 Å². The van der Waals surface area contributed by atoms with Gasteiger partial charge in [0.2, 0.25) is 5.91 Å². The normalized spacial score (nSPS) is 27.1. The molecule has 28 heavy (non-hydrogen) atoms. The molecule has 5 nitrogen and oxygen atoms in total. The number of hydrogen-bond acceptors (Lipinski definition) is 4. The highest BCUT2D eigenvalue weighted by Crippen LogP contribution is 2.29. The predicted octanol–water partition coefficient (Wildman–Crippen LogP) is 3.22. The Morgan fingerprint density at radius 2 is 1.82 bits per heavy atom. The number of nitrogens with zero attached hydrogens (tertiary/aromatic N) is 2. The maximum absolute atomic E-state index is 12.6. The molecule has 2 heterocycles. The molecule has 0 aromatic heterocycles. The Bertz CT molecular complexity index is 656. The second kappa shape index (κ2) is 8.80. The first-order valence-corrected chi connectivity index (χ1v) is 9.79. The zero-order chi connectivity index (χ0) is 20.3. The fraction of sp³-hybridized carbons (Fsp3) is 0.650. The van der Waals surface area contributed by atoms with Crippen molar-refractivity contribution in [2.45, 2.75) is 51.1 Å². The minimum Gasteiger partial charge on any atom is -0.373 e. The minimum absolute atomic E-state index is 0.199. The summed E-state index contributed by atoms with van der Waals surface area (Å²) in [6.45, 7) is 7.96. The van der Waals surface area contributed by atoms with Gasteiger partial charge in [0.05, 0.1) is 24.3 Å². The lowest BCUT2D eigenvalue weighted by Crippen LogP contribution is -2.50. The van der Waals surface area contributed by atoms with Crippen LogP contribution in [0.3, 0.4) is 0 Å². The molecular formula is C20H28F3N3O2. The van der Waals surface area contributed by atoms with Gasteiger partial charge in [-0.1, -0.05) is 0 Å². The van der Waals surface area contributed by atoms with Crippen LogP contribution in [-0.2, 0) is 15.7 Å². The summed E-state index contributed by atoms with van der Waals surface area (Å²) >= 11 is 0. The summed E-state index contributed by atoms with van der Waals surface area (Å²) in [6.07, 6.45) is -1.86. The van der Waals surface area contributed by atoms with Crippen LogP contribution in [0.25, 0.3) is 0 Å². The van der Waals surface area contributed by atoms with Crippen LogP contribution in [0.15, 0.2) is 24.3 Å². The van der Waals surface area contributed by atoms with Crippen LogP contribution in [0.1, 0.15) is 32.3 Å². The number of benzene rings is 1. The van der Waals surface area contributed by atoms with Crippen LogP contribution in [0.2, 0.25) is 0 Å². The lowest BCUT2D eigenvalue weighted by atomic mass is 10.1. The van der Waals surface area contributed by atoms with Gasteiger partial charge in [-0.2, -0.15) is 13.2 Å². The highest BCUT2D eigenvalue weighted by molar-refractivity contribution is 5.92. The lowest BCUT2D eigenvalue weighted by Gasteiger charge is -2.38. The third kappa shape index (κ3) is 5.68. The van der Waals surface area contributed by atoms with Gasteiger partial charge in [0.1, 0.15) is 0 Å². The highest BCUT2D eigenvalue weighted by atomic mass is 19.4. The summed E-state index contributed by atoms with van der Waals surface area (Å²) in [5, 5.41) is 2.70. The Hall–Kier alpha value is -1.64. The largest absolute Gasteiger partial charge is 0.416 e. The molecule has 3 atom stereocenters. The quantitative estimate of drug-likeness (QED) is 0.826. The first kappa shape index (κ1) is 21.1. The fourth-order valence-corrected chi connectivity index (χ4v) is 4.17. The second-order valence-corrected chi connectivity index (χ2v) is 7.87. The van der Waals surface area contributed by atoms with E-state index in [9.17, 15) is 18.0 Å². The first-order chi connectivity index (χ1) is 13.2. The van der Waals surface area contributed by atoms with Gasteiger partial charge < -0.3 is 10.1 Å². The van der Waals surface area contributed by atoms with Gasteiger partial charge in [0.25, 0.3) is 0 Å². The van der Waals surface area contributed by atoms with Crippen molar-refractivity contribution in [2.24, 2.45) is 0 Å². The molecule has 156 valence electrons. The Morgan fingerprint density at radius 1 is 1.18 bits per heavy atom. The van der Waals surface area contributed by atoms with Crippen LogP contribution in [0.4, 0.5) is 18.9 Å². The predicted molar refractivity (Wildman–Crippen MR) is 101 cm³/mol. The molecule has 0 radical (unpaired) electrons. The number of morpholine rings is 1. The Morgan fingerprint density at radius 3 is 2.43 bits per heavy atom. The van der Waals surface area contributed by atoms with Crippen molar-refractivity contribution in [1.82, 2.24) is 9.80 Å². The molecule has 8 heteroatoms. The van der Waals surface area contributed by atoms with Crippen molar-refractivity contribution >= 4 is 11.6 Å². The van der Waals surface area contributed by atoms with Crippen LogP contribution in [0.5, 0.6) is 0 Å². The number of carbonyl (C=O) groups excluding carboxylic acids is 1. The molecule has 1 amide bonds. The molecule has 0 aliphatic carbocycles. The van der Waals surface area contributed by atoms with E-state index in [1.54, 1.807) is 0 Å². The van der Waals surface area contributed by atoms with Crippen molar-refractivity contribution in [3.63, 3.8) is 0 Å². The van der Waals surface area contributed by atoms with Gasteiger partial charge in [-0.05, 0) is 57.5 Å². The molecule has 0 saturated carbocycles. The first-order valence-electron chi connectivity index (χ1n) is 9.79. The molecule has 1 aromatic rings. The SMILES string of the molecule is CC1CN(CC2CCCN2CC(=O)Nc2ccc(C(F)(F)F)cc2)CC(C)O1. The molecule has 3 rings (SSSR count). The standard InChI is InChI=1S/C20H28F3N3O2/c1-14-10-25(11-15(2)28-14)12-18-4-3-9-26(18)13-19(27)24-17-7-5-16(6-8-17)20(21,22)23/h5-8,14-15,18H,3-4,9-13H2,1-2H3,(H,24,27). The van der Waals surface area contributed by atoms with E-state index in [1.807, 2.05) is 0 Å². The summed E-state index contributed by atoms with van der Waals surface area (Å²) in [4.78, 5) is 17.0. The van der Waals surface area contributed by atoms with Crippen molar-refractivity contribution in [1.29, 1.82) is 0 Å². The number of anilines is 1. The van der Waals surface area contributed by atoms with Crippen LogP contribution >= 0.6 is 0 Å². The molecule has 2 aliphatic heterocycles. The van der Waals surface area contributed by atoms with Crippen molar-refractivity contribution in [3.8, 4) is 0 Å². The van der Waals surface area contributed by atoms with E-state index in [0.29, 0.717) is 11.7 Å². The van der Waals surface area contributed by atoms with Crippen molar-refractivity contribution in [3.05, 3.63) is 29.8 Å². The monoisotopic (exact) mass is 399 g/mol. The number of carbonyl (C=O) groups is 1. The Balaban J connectivity index is 1.51. The zero-order valence-electron chi connectivity index (χ0n) is 16.3. The van der Waals surface area contributed by atoms with E-state index in [1.165, 1.54) is 12.1 Å². The van der Waals surface area contributed by atoms with Crippen LogP contribution in [-0.4, -0.2) is 66.7 Å². The molecule has 0 spiro atoms. The smallest absolute Gasteiger partial charge is 0.373 e. The molecular weight excluding hydrogens is 371 g/mol. The molecule has 0 bridgehead atoms. The highest BCUT2D eigenvalue weighted by Gasteiger charge is 2.31. The molecule has 2 saturated heterocycles. The Kier molecular flexibility index (Phi) is 6.62. The third-order valence-electron chi connectivity index (χ3n) is 5.31. The number of hydrogen-bond donors (Lipinski definition) is 1. The number of likely N-dealkylation sites (tertiary alicyclic amines) is 1. The Labute approximate surface area is 163 Å². The van der Waals surface area contributed by atoms with Crippen molar-refractivity contribution < 1.29 is 22.7 Å². The van der Waals surface area contributed by atoms with Gasteiger partial charge in [-0.25, -0.2) is 0 Å². The summed E-state index contributed by atoms with van der Waals surface area (Å²) in [5.41, 5.74) is -0.344. The van der Waals surface area contributed by atoms with Gasteiger partial charge in [-0.3, -0.25) is 14.6 Å². The van der Waals surface area contributed by atoms with E-state index >= 15 is 0 Å². The fourth-order valence-electron chi connectivity index (χ4n) is 4.17. The zero-order valence-corrected chi connectivity index (χ0v) is 16.3. The third-order valence-corrected chi connectivity index (χ3v) is 5.31. The van der Waals surface area contributed by atoms with E-state index in [-0.39, 0.29) is 24.7 Å². The molecule has 2 aliphatic rings. The van der Waals surface area contributed by atoms with Crippen molar-refractivity contribution in [2.75, 3.05) is 38.0 Å². The number of nitrogens with one attached hydrogen (secondary N) is 1. The van der Waals surface area contributed by atoms with Gasteiger partial charge >= 0.3 is 6.18 Å². The topological polar surface area (TPSA) is 44.8 Å². The van der Waals surface area contributed by atoms with E-state index in [0.717, 1.165) is 51.2 Å². The van der Waals surface area contributed by atoms with Crippen LogP contribution in [0, 0.1) is 0 Å². The van der Waals surface area contributed by atoms with Crippen LogP contribution < -0.4 is 5.32 Å². The summed E-state index contributed by atoms with van der Waals surface area (Å²) in [6, 6.07) is 4.86. The maximum atomic E-state index is 12.6. The minimum atomic E-state index is -4.38. The number of rotatable bonds is 5. The number of ether oxygens (including phenoxy) is 1. The van der Waals surface area contributed by atoms with Gasteiger partial charge in [0, 0.05) is 31.4 Å².